The van der Waals surface area contributed by atoms with Crippen molar-refractivity contribution < 1.29 is 4.74 Å². The van der Waals surface area contributed by atoms with Gasteiger partial charge in [-0.2, -0.15) is 0 Å². The van der Waals surface area contributed by atoms with Gasteiger partial charge in [0.15, 0.2) is 5.11 Å². The Labute approximate surface area is 196 Å². The van der Waals surface area contributed by atoms with Crippen LogP contribution in [0, 0.1) is 13.8 Å². The van der Waals surface area contributed by atoms with Gasteiger partial charge in [-0.3, -0.25) is 9.69 Å². The Bertz CT molecular complexity index is 993. The molecule has 1 saturated heterocycles. The van der Waals surface area contributed by atoms with Gasteiger partial charge in [0.2, 0.25) is 0 Å². The van der Waals surface area contributed by atoms with Crippen molar-refractivity contribution >= 4 is 28.2 Å². The minimum absolute atomic E-state index is 0.0250. The van der Waals surface area contributed by atoms with E-state index in [4.69, 9.17) is 17.0 Å². The summed E-state index contributed by atoms with van der Waals surface area (Å²) in [5.41, 5.74) is 3.93. The Kier molecular flexibility index (Phi) is 7.81. The second kappa shape index (κ2) is 10.8. The molecule has 1 aromatic heterocycles. The fourth-order valence-electron chi connectivity index (χ4n) is 4.79. The van der Waals surface area contributed by atoms with Gasteiger partial charge in [0.05, 0.1) is 25.3 Å². The van der Waals surface area contributed by atoms with E-state index in [2.05, 4.69) is 45.2 Å². The number of ether oxygens (including phenoxy) is 1. The summed E-state index contributed by atoms with van der Waals surface area (Å²) in [5, 5.41) is 5.49. The van der Waals surface area contributed by atoms with Crippen LogP contribution in [0.25, 0.3) is 10.9 Å². The number of aryl methyl sites for hydroxylation is 2. The molecular formula is C25H36N4O2S. The topological polar surface area (TPSA) is 60.6 Å². The van der Waals surface area contributed by atoms with Crippen molar-refractivity contribution in [2.24, 2.45) is 0 Å². The van der Waals surface area contributed by atoms with Crippen molar-refractivity contribution in [3.63, 3.8) is 0 Å². The zero-order chi connectivity index (χ0) is 22.5. The van der Waals surface area contributed by atoms with E-state index in [1.54, 1.807) is 0 Å². The van der Waals surface area contributed by atoms with Gasteiger partial charge in [0.1, 0.15) is 0 Å². The second-order valence-electron chi connectivity index (χ2n) is 9.27. The summed E-state index contributed by atoms with van der Waals surface area (Å²) in [7, 11) is 0. The standard InChI is InChI=1S/C25H36N4O2S/c1-18-8-9-19(2)23-22(18)16-20(24(30)27-23)17-29(11-10-28-12-14-31-15-13-28)25(32)26-21-6-4-3-5-7-21/h8-9,16,21H,3-7,10-15,17H2,1-2H3,(H,26,32)(H,27,30). The molecule has 2 fully saturated rings. The molecule has 174 valence electrons. The maximum absolute atomic E-state index is 13.0. The number of morpholine rings is 1. The highest BCUT2D eigenvalue weighted by atomic mass is 32.1. The van der Waals surface area contributed by atoms with Gasteiger partial charge in [-0.1, -0.05) is 31.4 Å². The van der Waals surface area contributed by atoms with Gasteiger partial charge in [0.25, 0.3) is 5.56 Å². The fourth-order valence-corrected chi connectivity index (χ4v) is 5.12. The number of aromatic amines is 1. The molecule has 2 aromatic rings. The largest absolute Gasteiger partial charge is 0.379 e. The van der Waals surface area contributed by atoms with Crippen LogP contribution in [0.2, 0.25) is 0 Å². The molecule has 0 amide bonds. The van der Waals surface area contributed by atoms with E-state index >= 15 is 0 Å². The molecule has 2 aliphatic rings. The second-order valence-corrected chi connectivity index (χ2v) is 9.66. The van der Waals surface area contributed by atoms with Crippen LogP contribution in [0.4, 0.5) is 0 Å². The molecule has 2 heterocycles. The maximum Gasteiger partial charge on any atom is 0.253 e. The first-order chi connectivity index (χ1) is 15.5. The molecule has 1 aliphatic heterocycles. The van der Waals surface area contributed by atoms with Crippen LogP contribution < -0.4 is 10.9 Å². The molecule has 0 bridgehead atoms. The number of hydrogen-bond acceptors (Lipinski definition) is 4. The summed E-state index contributed by atoms with van der Waals surface area (Å²) in [6, 6.07) is 6.68. The molecule has 1 saturated carbocycles. The van der Waals surface area contributed by atoms with Gasteiger partial charge in [-0.15, -0.1) is 0 Å². The zero-order valence-electron chi connectivity index (χ0n) is 19.4. The van der Waals surface area contributed by atoms with Crippen LogP contribution in [0.1, 0.15) is 48.8 Å². The zero-order valence-corrected chi connectivity index (χ0v) is 20.2. The van der Waals surface area contributed by atoms with E-state index in [0.29, 0.717) is 12.6 Å². The predicted octanol–water partition coefficient (Wildman–Crippen LogP) is 3.49. The van der Waals surface area contributed by atoms with E-state index in [1.165, 1.54) is 37.7 Å². The molecule has 4 rings (SSSR count). The van der Waals surface area contributed by atoms with E-state index < -0.39 is 0 Å². The van der Waals surface area contributed by atoms with Crippen molar-refractivity contribution in [3.8, 4) is 0 Å². The third-order valence-electron chi connectivity index (χ3n) is 6.89. The smallest absolute Gasteiger partial charge is 0.253 e. The number of nitrogens with one attached hydrogen (secondary N) is 2. The molecule has 0 unspecified atom stereocenters. The van der Waals surface area contributed by atoms with Crippen molar-refractivity contribution in [3.05, 3.63) is 45.2 Å². The van der Waals surface area contributed by atoms with Gasteiger partial charge < -0.3 is 19.9 Å². The lowest BCUT2D eigenvalue weighted by atomic mass is 9.96. The Hall–Kier alpha value is -1.96. The summed E-state index contributed by atoms with van der Waals surface area (Å²) in [5.74, 6) is 0. The minimum atomic E-state index is -0.0250. The third-order valence-corrected chi connectivity index (χ3v) is 7.27. The molecule has 0 radical (unpaired) electrons. The van der Waals surface area contributed by atoms with Crippen molar-refractivity contribution in [1.29, 1.82) is 0 Å². The lowest BCUT2D eigenvalue weighted by molar-refractivity contribution is 0.0356. The number of thiocarbonyl (C=S) groups is 1. The fraction of sp³-hybridized carbons (Fsp3) is 0.600. The lowest BCUT2D eigenvalue weighted by Gasteiger charge is -2.33. The molecule has 2 N–H and O–H groups in total. The summed E-state index contributed by atoms with van der Waals surface area (Å²) >= 11 is 5.87. The highest BCUT2D eigenvalue weighted by Crippen LogP contribution is 2.21. The van der Waals surface area contributed by atoms with E-state index in [0.717, 1.165) is 66.5 Å². The quantitative estimate of drug-likeness (QED) is 0.649. The lowest BCUT2D eigenvalue weighted by Crippen LogP contribution is -2.48. The van der Waals surface area contributed by atoms with Gasteiger partial charge in [-0.05, 0) is 56.1 Å². The molecule has 0 atom stereocenters. The van der Waals surface area contributed by atoms with Crippen LogP contribution >= 0.6 is 12.2 Å². The molecular weight excluding hydrogens is 420 g/mol. The summed E-state index contributed by atoms with van der Waals surface area (Å²) in [6.07, 6.45) is 6.18. The minimum Gasteiger partial charge on any atom is -0.379 e. The average molecular weight is 457 g/mol. The molecule has 1 aliphatic carbocycles. The van der Waals surface area contributed by atoms with Gasteiger partial charge >= 0.3 is 0 Å². The van der Waals surface area contributed by atoms with Crippen molar-refractivity contribution in [1.82, 2.24) is 20.1 Å². The number of aromatic nitrogens is 1. The number of benzene rings is 1. The molecule has 1 aromatic carbocycles. The first-order valence-corrected chi connectivity index (χ1v) is 12.4. The number of H-pyrrole nitrogens is 1. The number of nitrogens with zero attached hydrogens (tertiary/aromatic N) is 2. The highest BCUT2D eigenvalue weighted by Gasteiger charge is 2.20. The Balaban J connectivity index is 1.54. The van der Waals surface area contributed by atoms with Crippen LogP contribution in [0.5, 0.6) is 0 Å². The maximum atomic E-state index is 13.0. The third kappa shape index (κ3) is 5.69. The van der Waals surface area contributed by atoms with Crippen molar-refractivity contribution in [2.45, 2.75) is 58.5 Å². The number of hydrogen-bond donors (Lipinski definition) is 2. The monoisotopic (exact) mass is 456 g/mol. The van der Waals surface area contributed by atoms with Crippen molar-refractivity contribution in [2.75, 3.05) is 39.4 Å². The van der Waals surface area contributed by atoms with Crippen LogP contribution in [0.15, 0.2) is 23.0 Å². The number of pyridine rings is 1. The van der Waals surface area contributed by atoms with E-state index in [9.17, 15) is 4.79 Å². The van der Waals surface area contributed by atoms with Gasteiger partial charge in [0, 0.05) is 43.2 Å². The Morgan fingerprint density at radius 1 is 1.19 bits per heavy atom. The van der Waals surface area contributed by atoms with E-state index in [-0.39, 0.29) is 5.56 Å². The summed E-state index contributed by atoms with van der Waals surface area (Å²) in [4.78, 5) is 20.7. The van der Waals surface area contributed by atoms with Crippen LogP contribution in [-0.2, 0) is 11.3 Å². The molecule has 6 nitrogen and oxygen atoms in total. The van der Waals surface area contributed by atoms with Crippen LogP contribution in [-0.4, -0.2) is 65.3 Å². The van der Waals surface area contributed by atoms with Crippen LogP contribution in [0.3, 0.4) is 0 Å². The molecule has 32 heavy (non-hydrogen) atoms. The predicted molar refractivity (Wildman–Crippen MR) is 134 cm³/mol. The first-order valence-electron chi connectivity index (χ1n) is 12.0. The molecule has 0 spiro atoms. The summed E-state index contributed by atoms with van der Waals surface area (Å²) < 4.78 is 5.49. The SMILES string of the molecule is Cc1ccc(C)c2[nH]c(=O)c(CN(CCN3CCOCC3)C(=S)NC3CCCCC3)cc12. The average Bonchev–Trinajstić information content (AvgIpc) is 2.81. The first kappa shape index (κ1) is 23.2. The number of fused-ring (bicyclic) bond motifs is 1. The normalized spacial score (nSPS) is 18.1. The Morgan fingerprint density at radius 3 is 2.66 bits per heavy atom. The Morgan fingerprint density at radius 2 is 1.91 bits per heavy atom. The number of rotatable bonds is 6. The van der Waals surface area contributed by atoms with Gasteiger partial charge in [-0.25, -0.2) is 0 Å². The summed E-state index contributed by atoms with van der Waals surface area (Å²) in [6.45, 7) is 9.83. The highest BCUT2D eigenvalue weighted by molar-refractivity contribution is 7.80. The molecule has 7 heteroatoms. The van der Waals surface area contributed by atoms with E-state index in [1.807, 2.05) is 6.92 Å².